The van der Waals surface area contributed by atoms with Gasteiger partial charge in [-0.1, -0.05) is 18.2 Å². The van der Waals surface area contributed by atoms with E-state index in [1.54, 1.807) is 0 Å². The SMILES string of the molecule is O=C1CN(c2ccccc2)C(=O)N1C1CCOC1. The molecule has 94 valence electrons. The molecule has 1 unspecified atom stereocenters. The topological polar surface area (TPSA) is 49.9 Å². The monoisotopic (exact) mass is 246 g/mol. The molecule has 5 nitrogen and oxygen atoms in total. The van der Waals surface area contributed by atoms with Crippen molar-refractivity contribution in [3.8, 4) is 0 Å². The number of rotatable bonds is 2. The quantitative estimate of drug-likeness (QED) is 0.738. The van der Waals surface area contributed by atoms with Crippen LogP contribution in [-0.2, 0) is 9.53 Å². The lowest BCUT2D eigenvalue weighted by Crippen LogP contribution is -2.41. The van der Waals surface area contributed by atoms with Gasteiger partial charge in [0.25, 0.3) is 5.91 Å². The lowest BCUT2D eigenvalue weighted by atomic mass is 10.2. The molecule has 0 aromatic heterocycles. The molecule has 0 spiro atoms. The molecule has 0 aliphatic carbocycles. The van der Waals surface area contributed by atoms with Crippen LogP contribution in [0.3, 0.4) is 0 Å². The third-order valence-corrected chi connectivity index (χ3v) is 3.34. The number of nitrogens with zero attached hydrogens (tertiary/aromatic N) is 2. The summed E-state index contributed by atoms with van der Waals surface area (Å²) in [7, 11) is 0. The van der Waals surface area contributed by atoms with Gasteiger partial charge in [-0.25, -0.2) is 4.79 Å². The molecule has 2 aliphatic heterocycles. The zero-order chi connectivity index (χ0) is 12.5. The van der Waals surface area contributed by atoms with E-state index >= 15 is 0 Å². The molecule has 18 heavy (non-hydrogen) atoms. The van der Waals surface area contributed by atoms with E-state index in [2.05, 4.69) is 0 Å². The summed E-state index contributed by atoms with van der Waals surface area (Å²) in [5.74, 6) is -0.139. The summed E-state index contributed by atoms with van der Waals surface area (Å²) in [4.78, 5) is 27.1. The van der Waals surface area contributed by atoms with Crippen LogP contribution < -0.4 is 4.90 Å². The van der Waals surface area contributed by atoms with E-state index in [4.69, 9.17) is 4.74 Å². The van der Waals surface area contributed by atoms with Crippen molar-refractivity contribution in [2.24, 2.45) is 0 Å². The van der Waals surface area contributed by atoms with E-state index in [1.165, 1.54) is 9.80 Å². The highest BCUT2D eigenvalue weighted by atomic mass is 16.5. The van der Waals surface area contributed by atoms with Gasteiger partial charge >= 0.3 is 6.03 Å². The van der Waals surface area contributed by atoms with Gasteiger partial charge in [-0.05, 0) is 18.6 Å². The molecule has 0 saturated carbocycles. The minimum absolute atomic E-state index is 0.0984. The first-order valence-corrected chi connectivity index (χ1v) is 6.04. The Morgan fingerprint density at radius 2 is 1.94 bits per heavy atom. The van der Waals surface area contributed by atoms with E-state index < -0.39 is 0 Å². The maximum Gasteiger partial charge on any atom is 0.332 e. The highest BCUT2D eigenvalue weighted by molar-refractivity contribution is 6.12. The molecule has 5 heteroatoms. The molecule has 1 aromatic rings. The van der Waals surface area contributed by atoms with Crippen molar-refractivity contribution < 1.29 is 14.3 Å². The van der Waals surface area contributed by atoms with Crippen LogP contribution in [0.25, 0.3) is 0 Å². The van der Waals surface area contributed by atoms with Crippen molar-refractivity contribution in [3.05, 3.63) is 30.3 Å². The van der Waals surface area contributed by atoms with Gasteiger partial charge in [0.2, 0.25) is 0 Å². The molecule has 2 aliphatic rings. The van der Waals surface area contributed by atoms with Crippen molar-refractivity contribution in [2.45, 2.75) is 12.5 Å². The van der Waals surface area contributed by atoms with Crippen molar-refractivity contribution in [1.82, 2.24) is 4.90 Å². The van der Waals surface area contributed by atoms with Gasteiger partial charge < -0.3 is 4.74 Å². The minimum Gasteiger partial charge on any atom is -0.379 e. The van der Waals surface area contributed by atoms with Gasteiger partial charge in [0, 0.05) is 12.3 Å². The van der Waals surface area contributed by atoms with Gasteiger partial charge in [-0.2, -0.15) is 0 Å². The average Bonchev–Trinajstić information content (AvgIpc) is 2.99. The zero-order valence-electron chi connectivity index (χ0n) is 9.91. The lowest BCUT2D eigenvalue weighted by molar-refractivity contribution is -0.126. The molecular formula is C13H14N2O3. The second kappa shape index (κ2) is 4.42. The second-order valence-corrected chi connectivity index (χ2v) is 4.49. The Labute approximate surface area is 105 Å². The molecule has 2 heterocycles. The van der Waals surface area contributed by atoms with E-state index in [9.17, 15) is 9.59 Å². The molecule has 0 bridgehead atoms. The van der Waals surface area contributed by atoms with Crippen LogP contribution in [0.2, 0.25) is 0 Å². The number of ether oxygens (including phenoxy) is 1. The van der Waals surface area contributed by atoms with Crippen molar-refractivity contribution in [1.29, 1.82) is 0 Å². The number of imide groups is 1. The lowest BCUT2D eigenvalue weighted by Gasteiger charge is -2.21. The predicted molar refractivity (Wildman–Crippen MR) is 65.3 cm³/mol. The Bertz CT molecular complexity index is 468. The van der Waals surface area contributed by atoms with Crippen LogP contribution in [0.1, 0.15) is 6.42 Å². The summed E-state index contributed by atoms with van der Waals surface area (Å²) < 4.78 is 5.24. The number of hydrogen-bond acceptors (Lipinski definition) is 3. The first-order valence-electron chi connectivity index (χ1n) is 6.04. The average molecular weight is 246 g/mol. The number of urea groups is 1. The molecule has 1 aromatic carbocycles. The fraction of sp³-hybridized carbons (Fsp3) is 0.385. The van der Waals surface area contributed by atoms with E-state index in [1.807, 2.05) is 30.3 Å². The molecule has 2 saturated heterocycles. The van der Waals surface area contributed by atoms with Crippen LogP contribution in [0.15, 0.2) is 30.3 Å². The second-order valence-electron chi connectivity index (χ2n) is 4.49. The Morgan fingerprint density at radius 3 is 2.61 bits per heavy atom. The fourth-order valence-corrected chi connectivity index (χ4v) is 2.41. The highest BCUT2D eigenvalue weighted by Gasteiger charge is 2.42. The van der Waals surface area contributed by atoms with Crippen LogP contribution >= 0.6 is 0 Å². The molecule has 0 radical (unpaired) electrons. The molecule has 3 rings (SSSR count). The Morgan fingerprint density at radius 1 is 1.17 bits per heavy atom. The number of para-hydroxylation sites is 1. The third kappa shape index (κ3) is 1.76. The molecule has 3 amide bonds. The summed E-state index contributed by atoms with van der Waals surface area (Å²) >= 11 is 0. The number of benzene rings is 1. The maximum atomic E-state index is 12.3. The molecule has 0 N–H and O–H groups in total. The largest absolute Gasteiger partial charge is 0.379 e. The van der Waals surface area contributed by atoms with E-state index in [0.29, 0.717) is 13.2 Å². The molecule has 2 fully saturated rings. The Hall–Kier alpha value is -1.88. The number of carbonyl (C=O) groups excluding carboxylic acids is 2. The number of anilines is 1. The van der Waals surface area contributed by atoms with Gasteiger partial charge in [0.1, 0.15) is 6.54 Å². The predicted octanol–water partition coefficient (Wildman–Crippen LogP) is 1.24. The standard InChI is InChI=1S/C13H14N2O3/c16-12-8-14(10-4-2-1-3-5-10)13(17)15(12)11-6-7-18-9-11/h1-5,11H,6-9H2. The number of hydrogen-bond donors (Lipinski definition) is 0. The third-order valence-electron chi connectivity index (χ3n) is 3.34. The van der Waals surface area contributed by atoms with Crippen molar-refractivity contribution >= 4 is 17.6 Å². The van der Waals surface area contributed by atoms with Gasteiger partial charge in [0.15, 0.2) is 0 Å². The minimum atomic E-state index is -0.235. The summed E-state index contributed by atoms with van der Waals surface area (Å²) in [5.41, 5.74) is 0.761. The summed E-state index contributed by atoms with van der Waals surface area (Å²) in [6.07, 6.45) is 0.736. The normalized spacial score (nSPS) is 24.1. The van der Waals surface area contributed by atoms with Crippen molar-refractivity contribution in [3.63, 3.8) is 0 Å². The molecular weight excluding hydrogens is 232 g/mol. The van der Waals surface area contributed by atoms with Crippen LogP contribution in [0, 0.1) is 0 Å². The Kier molecular flexibility index (Phi) is 2.76. The summed E-state index contributed by atoms with van der Waals surface area (Å²) in [5, 5.41) is 0. The maximum absolute atomic E-state index is 12.3. The first kappa shape index (κ1) is 11.2. The van der Waals surface area contributed by atoms with Crippen molar-refractivity contribution in [2.75, 3.05) is 24.7 Å². The van der Waals surface area contributed by atoms with Gasteiger partial charge in [0.05, 0.1) is 12.6 Å². The smallest absolute Gasteiger partial charge is 0.332 e. The Balaban J connectivity index is 1.84. The zero-order valence-corrected chi connectivity index (χ0v) is 9.91. The summed E-state index contributed by atoms with van der Waals surface area (Å²) in [6.45, 7) is 1.20. The number of amides is 3. The van der Waals surface area contributed by atoms with Crippen LogP contribution in [0.5, 0.6) is 0 Å². The van der Waals surface area contributed by atoms with E-state index in [0.717, 1.165) is 12.1 Å². The van der Waals surface area contributed by atoms with Gasteiger partial charge in [-0.15, -0.1) is 0 Å². The van der Waals surface area contributed by atoms with Crippen LogP contribution in [0.4, 0.5) is 10.5 Å². The first-order chi connectivity index (χ1) is 8.77. The highest BCUT2D eigenvalue weighted by Crippen LogP contribution is 2.24. The summed E-state index contributed by atoms with van der Waals surface area (Å²) in [6, 6.07) is 8.93. The number of carbonyl (C=O) groups is 2. The van der Waals surface area contributed by atoms with Gasteiger partial charge in [-0.3, -0.25) is 14.6 Å². The van der Waals surface area contributed by atoms with E-state index in [-0.39, 0.29) is 24.5 Å². The van der Waals surface area contributed by atoms with Crippen LogP contribution in [-0.4, -0.2) is 42.6 Å². The molecule has 1 atom stereocenters. The fourth-order valence-electron chi connectivity index (χ4n) is 2.41.